The average Bonchev–Trinajstić information content (AvgIpc) is 2.85. The second kappa shape index (κ2) is 20.0. The van der Waals surface area contributed by atoms with Crippen LogP contribution in [0, 0.1) is 0 Å². The van der Waals surface area contributed by atoms with Crippen LogP contribution in [0.15, 0.2) is 24.3 Å². The molecule has 1 rings (SSSR count). The Morgan fingerprint density at radius 3 is 1.59 bits per heavy atom. The molecular formula is C30H55NO2Si. The molecule has 0 bridgehead atoms. The molecular weight excluding hydrogens is 434 g/mol. The van der Waals surface area contributed by atoms with E-state index in [0.29, 0.717) is 12.2 Å². The molecule has 4 heteroatoms. The normalized spacial score (nSPS) is 11.5. The number of hydrogen-bond donors (Lipinski definition) is 1. The standard InChI is InChI=1S/C30H55NO2Si/c1-5-9-12-15-24-34(25-16-13-10-6-2,26-17-14-11-7-3)27-18-23-31-29-21-19-28(20-22-29)30(32)33-8-4/h19-22,31H,5-18,23-27H2,1-4H3. The third kappa shape index (κ3) is 13.6. The largest absolute Gasteiger partial charge is 0.462 e. The van der Waals surface area contributed by atoms with Crippen molar-refractivity contribution in [3.05, 3.63) is 29.8 Å². The lowest BCUT2D eigenvalue weighted by Gasteiger charge is -2.33. The van der Waals surface area contributed by atoms with Gasteiger partial charge in [0, 0.05) is 12.2 Å². The number of esters is 1. The molecule has 0 unspecified atom stereocenters. The summed E-state index contributed by atoms with van der Waals surface area (Å²) in [6.07, 6.45) is 18.2. The van der Waals surface area contributed by atoms with E-state index in [9.17, 15) is 4.79 Å². The zero-order valence-corrected chi connectivity index (χ0v) is 24.1. The van der Waals surface area contributed by atoms with Gasteiger partial charge in [-0.15, -0.1) is 0 Å². The molecule has 0 fully saturated rings. The van der Waals surface area contributed by atoms with Crippen LogP contribution in [0.4, 0.5) is 5.69 Å². The van der Waals surface area contributed by atoms with Crippen molar-refractivity contribution in [3.8, 4) is 0 Å². The van der Waals surface area contributed by atoms with Crippen molar-refractivity contribution in [2.24, 2.45) is 0 Å². The van der Waals surface area contributed by atoms with E-state index in [2.05, 4.69) is 26.1 Å². The van der Waals surface area contributed by atoms with Gasteiger partial charge in [-0.2, -0.15) is 0 Å². The van der Waals surface area contributed by atoms with Gasteiger partial charge in [-0.1, -0.05) is 122 Å². The van der Waals surface area contributed by atoms with Gasteiger partial charge < -0.3 is 10.1 Å². The van der Waals surface area contributed by atoms with Crippen molar-refractivity contribution in [1.82, 2.24) is 0 Å². The summed E-state index contributed by atoms with van der Waals surface area (Å²) >= 11 is 0. The third-order valence-corrected chi connectivity index (χ3v) is 12.9. The molecule has 1 aromatic rings. The Balaban J connectivity index is 2.67. The Labute approximate surface area is 212 Å². The van der Waals surface area contributed by atoms with E-state index >= 15 is 0 Å². The minimum atomic E-state index is -1.22. The summed E-state index contributed by atoms with van der Waals surface area (Å²) in [6, 6.07) is 13.9. The zero-order chi connectivity index (χ0) is 24.9. The van der Waals surface area contributed by atoms with Crippen LogP contribution in [0.2, 0.25) is 24.2 Å². The van der Waals surface area contributed by atoms with Gasteiger partial charge in [-0.3, -0.25) is 0 Å². The molecule has 0 spiro atoms. The van der Waals surface area contributed by atoms with Crippen LogP contribution >= 0.6 is 0 Å². The maximum Gasteiger partial charge on any atom is 0.338 e. The molecule has 196 valence electrons. The van der Waals surface area contributed by atoms with Crippen LogP contribution < -0.4 is 5.32 Å². The van der Waals surface area contributed by atoms with Gasteiger partial charge in [0.05, 0.1) is 20.2 Å². The molecule has 0 heterocycles. The fraction of sp³-hybridized carbons (Fsp3) is 0.767. The lowest BCUT2D eigenvalue weighted by Crippen LogP contribution is -2.34. The Kier molecular flexibility index (Phi) is 18.0. The fourth-order valence-corrected chi connectivity index (χ4v) is 10.6. The van der Waals surface area contributed by atoms with Gasteiger partial charge in [-0.25, -0.2) is 4.79 Å². The van der Waals surface area contributed by atoms with Crippen molar-refractivity contribution < 1.29 is 9.53 Å². The average molecular weight is 490 g/mol. The van der Waals surface area contributed by atoms with Gasteiger partial charge in [0.15, 0.2) is 0 Å². The maximum absolute atomic E-state index is 11.9. The molecule has 0 amide bonds. The first kappa shape index (κ1) is 30.7. The number of unbranched alkanes of at least 4 members (excludes halogenated alkanes) is 9. The van der Waals surface area contributed by atoms with Crippen molar-refractivity contribution >= 4 is 19.7 Å². The minimum absolute atomic E-state index is 0.237. The first-order valence-electron chi connectivity index (χ1n) is 14.6. The molecule has 0 aliphatic heterocycles. The predicted molar refractivity (Wildman–Crippen MR) is 153 cm³/mol. The smallest absolute Gasteiger partial charge is 0.338 e. The van der Waals surface area contributed by atoms with Crippen molar-refractivity contribution in [2.45, 2.75) is 135 Å². The molecule has 0 saturated carbocycles. The van der Waals surface area contributed by atoms with Crippen molar-refractivity contribution in [3.63, 3.8) is 0 Å². The number of ether oxygens (including phenoxy) is 1. The zero-order valence-electron chi connectivity index (χ0n) is 23.1. The van der Waals surface area contributed by atoms with Crippen LogP contribution in [-0.2, 0) is 4.74 Å². The molecule has 34 heavy (non-hydrogen) atoms. The quantitative estimate of drug-likeness (QED) is 0.1000. The van der Waals surface area contributed by atoms with Gasteiger partial charge in [0.1, 0.15) is 0 Å². The molecule has 0 radical (unpaired) electrons. The third-order valence-electron chi connectivity index (χ3n) is 7.29. The predicted octanol–water partition coefficient (Wildman–Crippen LogP) is 9.85. The van der Waals surface area contributed by atoms with Gasteiger partial charge in [0.2, 0.25) is 0 Å². The molecule has 0 aliphatic rings. The summed E-state index contributed by atoms with van der Waals surface area (Å²) in [4.78, 5) is 11.9. The SMILES string of the molecule is CCCCCC[Si](CCCCCC)(CCCCCC)CCCNc1ccc(C(=O)OCC)cc1. The number of anilines is 1. The van der Waals surface area contributed by atoms with Crippen LogP contribution in [0.3, 0.4) is 0 Å². The van der Waals surface area contributed by atoms with Crippen molar-refractivity contribution in [1.29, 1.82) is 0 Å². The second-order valence-electron chi connectivity index (χ2n) is 10.3. The van der Waals surface area contributed by atoms with E-state index in [0.717, 1.165) is 12.2 Å². The monoisotopic (exact) mass is 489 g/mol. The Morgan fingerprint density at radius 2 is 1.15 bits per heavy atom. The number of rotatable bonds is 22. The lowest BCUT2D eigenvalue weighted by atomic mass is 10.2. The molecule has 0 atom stereocenters. The van der Waals surface area contributed by atoms with Gasteiger partial charge in [0.25, 0.3) is 0 Å². The summed E-state index contributed by atoms with van der Waals surface area (Å²) in [5, 5.41) is 3.61. The van der Waals surface area contributed by atoms with Crippen molar-refractivity contribution in [2.75, 3.05) is 18.5 Å². The highest BCUT2D eigenvalue weighted by Gasteiger charge is 2.30. The lowest BCUT2D eigenvalue weighted by molar-refractivity contribution is 0.0526. The Hall–Kier alpha value is -1.29. The highest BCUT2D eigenvalue weighted by atomic mass is 28.3. The van der Waals surface area contributed by atoms with E-state index in [4.69, 9.17) is 4.74 Å². The topological polar surface area (TPSA) is 38.3 Å². The minimum Gasteiger partial charge on any atom is -0.462 e. The van der Waals surface area contributed by atoms with Gasteiger partial charge in [-0.05, 0) is 37.6 Å². The maximum atomic E-state index is 11.9. The van der Waals surface area contributed by atoms with Crippen LogP contribution in [-0.4, -0.2) is 27.2 Å². The van der Waals surface area contributed by atoms with Crippen LogP contribution in [0.1, 0.15) is 122 Å². The number of carbonyl (C=O) groups is 1. The van der Waals surface area contributed by atoms with E-state index < -0.39 is 8.07 Å². The first-order valence-corrected chi connectivity index (χ1v) is 17.4. The van der Waals surface area contributed by atoms with E-state index in [-0.39, 0.29) is 5.97 Å². The number of nitrogens with one attached hydrogen (secondary N) is 1. The van der Waals surface area contributed by atoms with Crippen LogP contribution in [0.25, 0.3) is 0 Å². The molecule has 3 nitrogen and oxygen atoms in total. The number of benzene rings is 1. The summed E-state index contributed by atoms with van der Waals surface area (Å²) in [5.74, 6) is -0.237. The van der Waals surface area contributed by atoms with E-state index in [1.807, 2.05) is 31.2 Å². The Morgan fingerprint density at radius 1 is 0.676 bits per heavy atom. The fourth-order valence-electron chi connectivity index (χ4n) is 5.17. The first-order chi connectivity index (χ1) is 16.6. The highest BCUT2D eigenvalue weighted by Crippen LogP contribution is 2.34. The molecule has 1 aromatic carbocycles. The summed E-state index contributed by atoms with van der Waals surface area (Å²) in [5.41, 5.74) is 1.74. The molecule has 0 saturated heterocycles. The summed E-state index contributed by atoms with van der Waals surface area (Å²) in [7, 11) is -1.22. The summed E-state index contributed by atoms with van der Waals surface area (Å²) < 4.78 is 5.09. The highest BCUT2D eigenvalue weighted by molar-refractivity contribution is 6.79. The molecule has 0 aliphatic carbocycles. The second-order valence-corrected chi connectivity index (χ2v) is 15.3. The van der Waals surface area contributed by atoms with E-state index in [1.165, 1.54) is 89.5 Å². The van der Waals surface area contributed by atoms with Gasteiger partial charge >= 0.3 is 5.97 Å². The molecule has 1 N–H and O–H groups in total. The Bertz CT molecular complexity index is 585. The molecule has 0 aromatic heterocycles. The van der Waals surface area contributed by atoms with Crippen LogP contribution in [0.5, 0.6) is 0 Å². The van der Waals surface area contributed by atoms with E-state index in [1.54, 1.807) is 18.1 Å². The number of carbonyl (C=O) groups excluding carboxylic acids is 1. The summed E-state index contributed by atoms with van der Waals surface area (Å²) in [6.45, 7) is 10.3. The number of hydrogen-bond acceptors (Lipinski definition) is 3.